The molecule has 0 spiro atoms. The maximum atomic E-state index is 12.0. The fraction of sp³-hybridized carbons (Fsp3) is 0.0500. The third-order valence-electron chi connectivity index (χ3n) is 3.34. The van der Waals surface area contributed by atoms with Crippen LogP contribution in [0, 0.1) is 0 Å². The van der Waals surface area contributed by atoms with Gasteiger partial charge in [0.1, 0.15) is 0 Å². The van der Waals surface area contributed by atoms with Gasteiger partial charge in [-0.25, -0.2) is 5.48 Å². The molecule has 0 atom stereocenters. The first kappa shape index (κ1) is 12.6. The Kier molecular flexibility index (Phi) is 4.05. The maximum absolute atomic E-state index is 12.0. The van der Waals surface area contributed by atoms with Gasteiger partial charge in [-0.3, -0.25) is 9.63 Å². The lowest BCUT2D eigenvalue weighted by Gasteiger charge is -2.07. The zero-order valence-electron chi connectivity index (χ0n) is 14.4. The largest absolute Gasteiger partial charge is 0.274 e. The van der Waals surface area contributed by atoms with Gasteiger partial charge in [0.05, 0.1) is 9.30 Å². The molecule has 1 amide bonds. The standard InChI is InChI=1S/C20H17NO2/c22-20(19-9-5-2-6-10-19)21-23-15-16-11-13-18(14-12-16)17-7-3-1-4-8-17/h1-14H,15H2,(H,21,22)/i15D2. The molecule has 3 nitrogen and oxygen atoms in total. The van der Waals surface area contributed by atoms with Gasteiger partial charge in [-0.1, -0.05) is 72.8 Å². The van der Waals surface area contributed by atoms with Gasteiger partial charge in [-0.2, -0.15) is 0 Å². The summed E-state index contributed by atoms with van der Waals surface area (Å²) in [5.41, 5.74) is 4.92. The van der Waals surface area contributed by atoms with E-state index in [1.807, 2.05) is 42.5 Å². The van der Waals surface area contributed by atoms with Crippen molar-refractivity contribution in [1.29, 1.82) is 0 Å². The first-order valence-corrected chi connectivity index (χ1v) is 7.26. The normalized spacial score (nSPS) is 12.2. The molecule has 3 aromatic rings. The van der Waals surface area contributed by atoms with Crippen molar-refractivity contribution in [2.75, 3.05) is 0 Å². The maximum Gasteiger partial charge on any atom is 0.274 e. The van der Waals surface area contributed by atoms with Crippen molar-refractivity contribution in [1.82, 2.24) is 5.48 Å². The number of amides is 1. The van der Waals surface area contributed by atoms with Crippen LogP contribution in [0.25, 0.3) is 11.1 Å². The fourth-order valence-corrected chi connectivity index (χ4v) is 2.14. The van der Waals surface area contributed by atoms with E-state index < -0.39 is 12.5 Å². The predicted molar refractivity (Wildman–Crippen MR) is 90.6 cm³/mol. The highest BCUT2D eigenvalue weighted by Gasteiger charge is 2.04. The van der Waals surface area contributed by atoms with Gasteiger partial charge in [-0.15, -0.1) is 0 Å². The van der Waals surface area contributed by atoms with Gasteiger partial charge in [0, 0.05) is 5.56 Å². The Morgan fingerprint density at radius 2 is 1.39 bits per heavy atom. The molecule has 114 valence electrons. The molecule has 23 heavy (non-hydrogen) atoms. The van der Waals surface area contributed by atoms with E-state index >= 15 is 0 Å². The van der Waals surface area contributed by atoms with Gasteiger partial charge in [-0.05, 0) is 28.8 Å². The molecule has 0 bridgehead atoms. The first-order chi connectivity index (χ1) is 12.1. The van der Waals surface area contributed by atoms with E-state index in [0.29, 0.717) is 11.1 Å². The van der Waals surface area contributed by atoms with Gasteiger partial charge in [0.25, 0.3) is 5.91 Å². The molecule has 3 aromatic carbocycles. The third kappa shape index (κ3) is 4.05. The van der Waals surface area contributed by atoms with Crippen LogP contribution in [0.1, 0.15) is 18.7 Å². The lowest BCUT2D eigenvalue weighted by molar-refractivity contribution is 0.0233. The van der Waals surface area contributed by atoms with Crippen molar-refractivity contribution in [3.63, 3.8) is 0 Å². The van der Waals surface area contributed by atoms with Crippen LogP contribution >= 0.6 is 0 Å². The zero-order valence-corrected chi connectivity index (χ0v) is 12.4. The summed E-state index contributed by atoms with van der Waals surface area (Å²) in [5.74, 6) is -0.495. The van der Waals surface area contributed by atoms with Crippen molar-refractivity contribution in [2.45, 2.75) is 6.56 Å². The molecule has 1 N–H and O–H groups in total. The molecular weight excluding hydrogens is 286 g/mol. The van der Waals surface area contributed by atoms with E-state index in [0.717, 1.165) is 11.1 Å². The number of benzene rings is 3. The third-order valence-corrected chi connectivity index (χ3v) is 3.34. The number of carbonyl (C=O) groups is 1. The molecule has 0 aliphatic heterocycles. The van der Waals surface area contributed by atoms with Gasteiger partial charge in [0.15, 0.2) is 0 Å². The van der Waals surface area contributed by atoms with E-state index in [1.165, 1.54) is 0 Å². The molecule has 3 heteroatoms. The number of carbonyl (C=O) groups excluding carboxylic acids is 1. The molecule has 0 heterocycles. The lowest BCUT2D eigenvalue weighted by Crippen LogP contribution is -2.23. The second kappa shape index (κ2) is 7.38. The Balaban J connectivity index is 1.68. The highest BCUT2D eigenvalue weighted by Crippen LogP contribution is 2.19. The fourth-order valence-electron chi connectivity index (χ4n) is 2.14. The summed E-state index contributed by atoms with van der Waals surface area (Å²) in [6, 6.07) is 25.3. The van der Waals surface area contributed by atoms with E-state index in [4.69, 9.17) is 7.58 Å². The van der Waals surface area contributed by atoms with Crippen LogP contribution in [0.4, 0.5) is 0 Å². The van der Waals surface area contributed by atoms with Crippen LogP contribution in [-0.2, 0) is 11.4 Å². The number of hydrogen-bond donors (Lipinski definition) is 1. The van der Waals surface area contributed by atoms with Crippen molar-refractivity contribution in [3.8, 4) is 11.1 Å². The summed E-state index contributed by atoms with van der Waals surface area (Å²) in [7, 11) is 0. The molecule has 0 aromatic heterocycles. The summed E-state index contributed by atoms with van der Waals surface area (Å²) >= 11 is 0. The minimum Gasteiger partial charge on any atom is -0.269 e. The van der Waals surface area contributed by atoms with E-state index in [9.17, 15) is 4.79 Å². The van der Waals surface area contributed by atoms with Crippen molar-refractivity contribution in [2.24, 2.45) is 0 Å². The molecule has 0 saturated carbocycles. The Bertz CT molecular complexity index is 835. The Hall–Kier alpha value is -2.91. The topological polar surface area (TPSA) is 38.3 Å². The minimum absolute atomic E-state index is 0.320. The van der Waals surface area contributed by atoms with Gasteiger partial charge < -0.3 is 0 Å². The summed E-state index contributed by atoms with van der Waals surface area (Å²) in [6.07, 6.45) is 0. The van der Waals surface area contributed by atoms with Crippen molar-refractivity contribution in [3.05, 3.63) is 96.1 Å². The SMILES string of the molecule is [2H]C([2H])(ONC(=O)c1ccccc1)c1ccc(-c2ccccc2)cc1. The molecule has 0 unspecified atom stereocenters. The Labute approximate surface area is 138 Å². The second-order valence-corrected chi connectivity index (χ2v) is 4.94. The molecule has 0 radical (unpaired) electrons. The summed E-state index contributed by atoms with van der Waals surface area (Å²) in [6.45, 7) is -2.14. The van der Waals surface area contributed by atoms with Crippen molar-refractivity contribution < 1.29 is 12.4 Å². The van der Waals surface area contributed by atoms with E-state index in [1.54, 1.807) is 42.5 Å². The molecule has 0 fully saturated rings. The molecule has 0 aliphatic carbocycles. The van der Waals surface area contributed by atoms with Crippen molar-refractivity contribution >= 4 is 5.91 Å². The molecular formula is C20H17NO2. The quantitative estimate of drug-likeness (QED) is 0.717. The van der Waals surface area contributed by atoms with Crippen LogP contribution in [0.2, 0.25) is 0 Å². The number of hydroxylamine groups is 1. The van der Waals surface area contributed by atoms with Gasteiger partial charge in [0.2, 0.25) is 0 Å². The van der Waals surface area contributed by atoms with Gasteiger partial charge >= 0.3 is 0 Å². The lowest BCUT2D eigenvalue weighted by atomic mass is 10.0. The molecule has 0 saturated heterocycles. The van der Waals surface area contributed by atoms with E-state index in [-0.39, 0.29) is 0 Å². The average Bonchev–Trinajstić information content (AvgIpc) is 2.68. The molecule has 3 rings (SSSR count). The minimum atomic E-state index is -2.14. The smallest absolute Gasteiger partial charge is 0.269 e. The number of hydrogen-bond acceptors (Lipinski definition) is 2. The summed E-state index contributed by atoms with van der Waals surface area (Å²) in [5, 5.41) is 0. The number of rotatable bonds is 5. The van der Waals surface area contributed by atoms with Crippen LogP contribution in [0.3, 0.4) is 0 Å². The predicted octanol–water partition coefficient (Wildman–Crippen LogP) is 4.22. The first-order valence-electron chi connectivity index (χ1n) is 8.26. The summed E-state index contributed by atoms with van der Waals surface area (Å²) < 4.78 is 16.1. The monoisotopic (exact) mass is 305 g/mol. The zero-order chi connectivity index (χ0) is 17.7. The van der Waals surface area contributed by atoms with Crippen LogP contribution < -0.4 is 5.48 Å². The molecule has 0 aliphatic rings. The van der Waals surface area contributed by atoms with E-state index in [2.05, 4.69) is 5.48 Å². The van der Waals surface area contributed by atoms with Crippen LogP contribution in [0.5, 0.6) is 0 Å². The Morgan fingerprint density at radius 1 is 0.826 bits per heavy atom. The average molecular weight is 305 g/mol. The van der Waals surface area contributed by atoms with Crippen LogP contribution in [0.15, 0.2) is 84.9 Å². The Morgan fingerprint density at radius 3 is 2.04 bits per heavy atom. The second-order valence-electron chi connectivity index (χ2n) is 4.94. The highest BCUT2D eigenvalue weighted by atomic mass is 16.6. The summed E-state index contributed by atoms with van der Waals surface area (Å²) in [4.78, 5) is 17.0. The number of nitrogens with one attached hydrogen (secondary N) is 1. The van der Waals surface area contributed by atoms with Crippen LogP contribution in [-0.4, -0.2) is 5.91 Å². The highest BCUT2D eigenvalue weighted by molar-refractivity contribution is 5.93.